The Balaban J connectivity index is 1.26. The van der Waals surface area contributed by atoms with Crippen LogP contribution in [0, 0.1) is 0 Å². The van der Waals surface area contributed by atoms with Crippen LogP contribution in [0.1, 0.15) is 73.5 Å². The summed E-state index contributed by atoms with van der Waals surface area (Å²) >= 11 is 0. The number of carbonyl (C=O) groups is 4. The van der Waals surface area contributed by atoms with Crippen molar-refractivity contribution in [1.29, 1.82) is 0 Å². The minimum absolute atomic E-state index is 0.0643. The number of nitrogens with zero attached hydrogens (tertiary/aromatic N) is 2. The number of nitrogens with one attached hydrogen (secondary N) is 2. The van der Waals surface area contributed by atoms with E-state index in [0.29, 0.717) is 28.1 Å². The number of benzene rings is 2. The van der Waals surface area contributed by atoms with Gasteiger partial charge in [-0.1, -0.05) is 19.3 Å². The summed E-state index contributed by atoms with van der Waals surface area (Å²) in [4.78, 5) is 56.2. The van der Waals surface area contributed by atoms with Gasteiger partial charge in [-0.2, -0.15) is 0 Å². The number of imide groups is 1. The fraction of sp³-hybridized carbons (Fsp3) is 0.222. The number of rotatable bonds is 5. The van der Waals surface area contributed by atoms with Crippen molar-refractivity contribution in [1.82, 2.24) is 9.88 Å². The molecule has 0 saturated heterocycles. The third-order valence-electron chi connectivity index (χ3n) is 6.44. The molecule has 176 valence electrons. The van der Waals surface area contributed by atoms with E-state index in [0.717, 1.165) is 32.1 Å². The van der Waals surface area contributed by atoms with Gasteiger partial charge in [-0.15, -0.1) is 0 Å². The zero-order valence-electron chi connectivity index (χ0n) is 19.0. The van der Waals surface area contributed by atoms with Crippen LogP contribution in [0.15, 0.2) is 67.0 Å². The Bertz CT molecular complexity index is 1300. The third kappa shape index (κ3) is 4.55. The molecule has 1 saturated carbocycles. The van der Waals surface area contributed by atoms with Gasteiger partial charge in [-0.05, 0) is 67.4 Å². The van der Waals surface area contributed by atoms with Crippen LogP contribution < -0.4 is 10.6 Å². The number of amides is 4. The molecule has 0 atom stereocenters. The minimum atomic E-state index is -0.392. The number of anilines is 2. The van der Waals surface area contributed by atoms with Gasteiger partial charge in [0.2, 0.25) is 0 Å². The maximum atomic E-state index is 13.0. The van der Waals surface area contributed by atoms with Crippen LogP contribution in [0.25, 0.3) is 0 Å². The molecule has 0 spiro atoms. The first-order valence-corrected chi connectivity index (χ1v) is 11.7. The standard InChI is InChI=1S/C27H24N4O4/c32-24(29-19-9-11-20(12-10-19)30-25(33)18-5-4-14-28-16-18)17-8-13-22-23(15-17)27(35)31(26(22)34)21-6-2-1-3-7-21/h4-5,8-16,21H,1-3,6-7H2,(H,29,32)(H,30,33). The van der Waals surface area contributed by atoms with Crippen LogP contribution in [0.4, 0.5) is 11.4 Å². The van der Waals surface area contributed by atoms with E-state index < -0.39 is 5.91 Å². The Kier molecular flexibility index (Phi) is 6.10. The van der Waals surface area contributed by atoms with Gasteiger partial charge in [0, 0.05) is 35.4 Å². The maximum Gasteiger partial charge on any atom is 0.261 e. The van der Waals surface area contributed by atoms with E-state index >= 15 is 0 Å². The fourth-order valence-electron chi connectivity index (χ4n) is 4.61. The Labute approximate surface area is 202 Å². The Morgan fingerprint density at radius 3 is 2.03 bits per heavy atom. The van der Waals surface area contributed by atoms with Crippen LogP contribution in [-0.4, -0.2) is 39.6 Å². The molecule has 8 nitrogen and oxygen atoms in total. The highest BCUT2D eigenvalue weighted by atomic mass is 16.2. The normalized spacial score (nSPS) is 15.6. The highest BCUT2D eigenvalue weighted by Gasteiger charge is 2.40. The molecular formula is C27H24N4O4. The molecule has 1 aliphatic heterocycles. The molecule has 1 aromatic heterocycles. The number of hydrogen-bond donors (Lipinski definition) is 2. The van der Waals surface area contributed by atoms with Crippen LogP contribution in [0.2, 0.25) is 0 Å². The molecule has 8 heteroatoms. The number of fused-ring (bicyclic) bond motifs is 1. The molecule has 2 aromatic carbocycles. The summed E-state index contributed by atoms with van der Waals surface area (Å²) < 4.78 is 0. The number of hydrogen-bond acceptors (Lipinski definition) is 5. The van der Waals surface area contributed by atoms with E-state index in [1.807, 2.05) is 0 Å². The first-order chi connectivity index (χ1) is 17.0. The second-order valence-electron chi connectivity index (χ2n) is 8.76. The molecular weight excluding hydrogens is 444 g/mol. The van der Waals surface area contributed by atoms with Crippen molar-refractivity contribution < 1.29 is 19.2 Å². The molecule has 5 rings (SSSR count). The second-order valence-corrected chi connectivity index (χ2v) is 8.76. The molecule has 2 N–H and O–H groups in total. The Morgan fingerprint density at radius 2 is 1.40 bits per heavy atom. The van der Waals surface area contributed by atoms with Crippen LogP contribution in [-0.2, 0) is 0 Å². The highest BCUT2D eigenvalue weighted by Crippen LogP contribution is 2.31. The zero-order valence-corrected chi connectivity index (χ0v) is 19.0. The average molecular weight is 469 g/mol. The minimum Gasteiger partial charge on any atom is -0.322 e. The molecule has 1 fully saturated rings. The summed E-state index contributed by atoms with van der Waals surface area (Å²) in [5.74, 6) is -1.26. The van der Waals surface area contributed by atoms with Crippen molar-refractivity contribution in [3.05, 3.63) is 89.2 Å². The quantitative estimate of drug-likeness (QED) is 0.536. The largest absolute Gasteiger partial charge is 0.322 e. The van der Waals surface area contributed by atoms with Crippen molar-refractivity contribution in [3.8, 4) is 0 Å². The lowest BCUT2D eigenvalue weighted by molar-refractivity contribution is 0.0548. The Hall–Kier alpha value is -4.33. The lowest BCUT2D eigenvalue weighted by Crippen LogP contribution is -2.40. The molecule has 4 amide bonds. The smallest absolute Gasteiger partial charge is 0.261 e. The van der Waals surface area contributed by atoms with E-state index in [1.165, 1.54) is 17.2 Å². The predicted octanol–water partition coefficient (Wildman–Crippen LogP) is 4.51. The molecule has 0 bridgehead atoms. The van der Waals surface area contributed by atoms with E-state index in [4.69, 9.17) is 0 Å². The van der Waals surface area contributed by atoms with E-state index in [9.17, 15) is 19.2 Å². The van der Waals surface area contributed by atoms with Gasteiger partial charge < -0.3 is 10.6 Å². The molecule has 0 radical (unpaired) electrons. The van der Waals surface area contributed by atoms with Crippen LogP contribution in [0.5, 0.6) is 0 Å². The van der Waals surface area contributed by atoms with Gasteiger partial charge in [-0.25, -0.2) is 0 Å². The third-order valence-corrected chi connectivity index (χ3v) is 6.44. The average Bonchev–Trinajstić information content (AvgIpc) is 3.15. The van der Waals surface area contributed by atoms with Gasteiger partial charge in [-0.3, -0.25) is 29.1 Å². The van der Waals surface area contributed by atoms with Gasteiger partial charge >= 0.3 is 0 Å². The lowest BCUT2D eigenvalue weighted by Gasteiger charge is -2.29. The van der Waals surface area contributed by atoms with Crippen LogP contribution >= 0.6 is 0 Å². The lowest BCUT2D eigenvalue weighted by atomic mass is 9.94. The van der Waals surface area contributed by atoms with Gasteiger partial charge in [0.15, 0.2) is 0 Å². The van der Waals surface area contributed by atoms with Crippen LogP contribution in [0.3, 0.4) is 0 Å². The first kappa shape index (κ1) is 22.5. The summed E-state index contributed by atoms with van der Waals surface area (Å²) in [6.07, 6.45) is 7.88. The van der Waals surface area contributed by atoms with Crippen molar-refractivity contribution in [2.45, 2.75) is 38.1 Å². The van der Waals surface area contributed by atoms with Gasteiger partial charge in [0.25, 0.3) is 23.6 Å². The summed E-state index contributed by atoms with van der Waals surface area (Å²) in [6.45, 7) is 0. The molecule has 1 aliphatic carbocycles. The summed E-state index contributed by atoms with van der Waals surface area (Å²) in [5.41, 5.74) is 2.47. The van der Waals surface area contributed by atoms with E-state index in [2.05, 4.69) is 15.6 Å². The summed E-state index contributed by atoms with van der Waals surface area (Å²) in [5, 5.41) is 5.56. The molecule has 2 aliphatic rings. The molecule has 3 aromatic rings. The number of aromatic nitrogens is 1. The summed E-state index contributed by atoms with van der Waals surface area (Å²) in [7, 11) is 0. The van der Waals surface area contributed by atoms with E-state index in [1.54, 1.807) is 54.7 Å². The summed E-state index contributed by atoms with van der Waals surface area (Å²) in [6, 6.07) is 14.6. The van der Waals surface area contributed by atoms with Crippen molar-refractivity contribution in [2.75, 3.05) is 10.6 Å². The monoisotopic (exact) mass is 468 g/mol. The Morgan fingerprint density at radius 1 is 0.771 bits per heavy atom. The topological polar surface area (TPSA) is 108 Å². The SMILES string of the molecule is O=C(Nc1ccc(NC(=O)c2ccc3c(c2)C(=O)N(C2CCCCC2)C3=O)cc1)c1cccnc1. The second kappa shape index (κ2) is 9.50. The van der Waals surface area contributed by atoms with Crippen molar-refractivity contribution in [3.63, 3.8) is 0 Å². The van der Waals surface area contributed by atoms with Crippen molar-refractivity contribution >= 4 is 35.0 Å². The number of pyridine rings is 1. The molecule has 0 unspecified atom stereocenters. The maximum absolute atomic E-state index is 13.0. The molecule has 2 heterocycles. The predicted molar refractivity (Wildman–Crippen MR) is 130 cm³/mol. The first-order valence-electron chi connectivity index (χ1n) is 11.7. The fourth-order valence-corrected chi connectivity index (χ4v) is 4.61. The number of carbonyl (C=O) groups excluding carboxylic acids is 4. The zero-order chi connectivity index (χ0) is 24.4. The highest BCUT2D eigenvalue weighted by molar-refractivity contribution is 6.22. The van der Waals surface area contributed by atoms with Crippen molar-refractivity contribution in [2.24, 2.45) is 0 Å². The van der Waals surface area contributed by atoms with Gasteiger partial charge in [0.05, 0.1) is 16.7 Å². The van der Waals surface area contributed by atoms with E-state index in [-0.39, 0.29) is 29.3 Å². The molecule has 35 heavy (non-hydrogen) atoms. The van der Waals surface area contributed by atoms with Gasteiger partial charge in [0.1, 0.15) is 0 Å².